The van der Waals surface area contributed by atoms with E-state index in [2.05, 4.69) is 29.7 Å². The van der Waals surface area contributed by atoms with E-state index >= 15 is 0 Å². The number of aliphatic hydroxyl groups excluding tert-OH is 1. The predicted molar refractivity (Wildman–Crippen MR) is 115 cm³/mol. The van der Waals surface area contributed by atoms with E-state index in [1.165, 1.54) is 4.88 Å². The minimum atomic E-state index is -0.00811. The molecule has 1 aliphatic heterocycles. The van der Waals surface area contributed by atoms with E-state index in [1.54, 1.807) is 11.3 Å². The van der Waals surface area contributed by atoms with Crippen LogP contribution in [0.15, 0.2) is 35.3 Å². The van der Waals surface area contributed by atoms with Crippen molar-refractivity contribution in [3.8, 4) is 10.6 Å². The highest BCUT2D eigenvalue weighted by Crippen LogP contribution is 2.31. The van der Waals surface area contributed by atoms with Crippen molar-refractivity contribution >= 4 is 17.3 Å². The summed E-state index contributed by atoms with van der Waals surface area (Å²) in [6.45, 7) is 7.87. The lowest BCUT2D eigenvalue weighted by molar-refractivity contribution is 0.127. The monoisotopic (exact) mass is 402 g/mol. The van der Waals surface area contributed by atoms with Gasteiger partial charge >= 0.3 is 0 Å². The fraction of sp³-hybridized carbons (Fsp3) is 0.524. The second kappa shape index (κ2) is 10.0. The van der Waals surface area contributed by atoms with Crippen LogP contribution in [-0.2, 0) is 11.3 Å². The largest absolute Gasteiger partial charge is 0.396 e. The zero-order chi connectivity index (χ0) is 19.8. The molecule has 0 aliphatic carbocycles. The fourth-order valence-electron chi connectivity index (χ4n) is 3.35. The summed E-state index contributed by atoms with van der Waals surface area (Å²) in [6, 6.07) is 10.3. The van der Waals surface area contributed by atoms with Crippen LogP contribution in [0.2, 0.25) is 0 Å². The highest BCUT2D eigenvalue weighted by molar-refractivity contribution is 7.15. The van der Waals surface area contributed by atoms with E-state index < -0.39 is 0 Å². The van der Waals surface area contributed by atoms with Crippen molar-refractivity contribution in [1.29, 1.82) is 0 Å². The number of aliphatic hydroxyl groups is 1. The van der Waals surface area contributed by atoms with Gasteiger partial charge in [-0.25, -0.2) is 9.98 Å². The van der Waals surface area contributed by atoms with Gasteiger partial charge in [-0.2, -0.15) is 0 Å². The molecule has 28 heavy (non-hydrogen) atoms. The Bertz CT molecular complexity index is 770. The van der Waals surface area contributed by atoms with E-state index in [1.807, 2.05) is 25.1 Å². The minimum Gasteiger partial charge on any atom is -0.396 e. The molecular formula is C21H30N4O2S. The van der Waals surface area contributed by atoms with Crippen molar-refractivity contribution in [2.75, 3.05) is 32.9 Å². The molecule has 1 aliphatic rings. The molecule has 1 aromatic heterocycles. The van der Waals surface area contributed by atoms with E-state index in [4.69, 9.17) is 14.7 Å². The number of aryl methyl sites for hydroxylation is 1. The van der Waals surface area contributed by atoms with Gasteiger partial charge in [0.25, 0.3) is 0 Å². The first-order valence-electron chi connectivity index (χ1n) is 9.88. The summed E-state index contributed by atoms with van der Waals surface area (Å²) in [6.07, 6.45) is 1.71. The number of thiazole rings is 1. The van der Waals surface area contributed by atoms with Crippen molar-refractivity contribution < 1.29 is 9.84 Å². The predicted octanol–water partition coefficient (Wildman–Crippen LogP) is 2.96. The van der Waals surface area contributed by atoms with E-state index in [-0.39, 0.29) is 12.0 Å². The average molecular weight is 403 g/mol. The van der Waals surface area contributed by atoms with Gasteiger partial charge in [0.1, 0.15) is 5.01 Å². The number of aliphatic imine (C=N–C) groups is 1. The quantitative estimate of drug-likeness (QED) is 0.467. The Labute approximate surface area is 171 Å². The average Bonchev–Trinajstić information content (AvgIpc) is 3.32. The van der Waals surface area contributed by atoms with Crippen molar-refractivity contribution in [3.05, 3.63) is 40.9 Å². The fourth-order valence-corrected chi connectivity index (χ4v) is 4.35. The molecular weight excluding hydrogens is 372 g/mol. The second-order valence-electron chi connectivity index (χ2n) is 7.22. The molecule has 1 atom stereocenters. The molecule has 152 valence electrons. The lowest BCUT2D eigenvalue weighted by Crippen LogP contribution is -2.44. The number of guanidine groups is 1. The SMILES string of the molecule is CCNC(=NCc1sc(-c2ccccc2)nc1C)NCC1(CCO)CCOC1. The van der Waals surface area contributed by atoms with Gasteiger partial charge in [-0.1, -0.05) is 30.3 Å². The summed E-state index contributed by atoms with van der Waals surface area (Å²) >= 11 is 1.70. The zero-order valence-corrected chi connectivity index (χ0v) is 17.5. The Morgan fingerprint density at radius 1 is 1.32 bits per heavy atom. The molecule has 1 fully saturated rings. The van der Waals surface area contributed by atoms with Crippen LogP contribution in [-0.4, -0.2) is 49.0 Å². The number of ether oxygens (including phenoxy) is 1. The Balaban J connectivity index is 1.67. The third-order valence-electron chi connectivity index (χ3n) is 5.10. The van der Waals surface area contributed by atoms with Gasteiger partial charge < -0.3 is 20.5 Å². The van der Waals surface area contributed by atoms with Gasteiger partial charge in [0.2, 0.25) is 0 Å². The van der Waals surface area contributed by atoms with Crippen LogP contribution in [0.25, 0.3) is 10.6 Å². The van der Waals surface area contributed by atoms with Crippen LogP contribution in [0, 0.1) is 12.3 Å². The number of hydrogen-bond acceptors (Lipinski definition) is 5. The van der Waals surface area contributed by atoms with E-state index in [0.29, 0.717) is 13.2 Å². The molecule has 0 radical (unpaired) electrons. The molecule has 1 unspecified atom stereocenters. The van der Waals surface area contributed by atoms with Crippen molar-refractivity contribution in [3.63, 3.8) is 0 Å². The number of hydrogen-bond donors (Lipinski definition) is 3. The minimum absolute atomic E-state index is 0.00811. The Kier molecular flexibility index (Phi) is 7.42. The maximum Gasteiger partial charge on any atom is 0.191 e. The summed E-state index contributed by atoms with van der Waals surface area (Å²) < 4.78 is 5.58. The van der Waals surface area contributed by atoms with Crippen LogP contribution in [0.5, 0.6) is 0 Å². The molecule has 2 heterocycles. The molecule has 0 amide bonds. The smallest absolute Gasteiger partial charge is 0.191 e. The Morgan fingerprint density at radius 3 is 2.82 bits per heavy atom. The number of nitrogens with one attached hydrogen (secondary N) is 2. The number of rotatable bonds is 8. The molecule has 6 nitrogen and oxygen atoms in total. The standard InChI is InChI=1S/C21H30N4O2S/c1-3-22-20(24-14-21(9-11-26)10-12-27-15-21)23-13-18-16(2)25-19(28-18)17-7-5-4-6-8-17/h4-8,26H,3,9-15H2,1-2H3,(H2,22,23,24). The Hall–Kier alpha value is -1.96. The highest BCUT2D eigenvalue weighted by atomic mass is 32.1. The molecule has 7 heteroatoms. The maximum absolute atomic E-state index is 9.40. The summed E-state index contributed by atoms with van der Waals surface area (Å²) in [7, 11) is 0. The van der Waals surface area contributed by atoms with Crippen molar-refractivity contribution in [2.24, 2.45) is 10.4 Å². The number of nitrogens with zero attached hydrogens (tertiary/aromatic N) is 2. The molecule has 3 rings (SSSR count). The molecule has 3 N–H and O–H groups in total. The summed E-state index contributed by atoms with van der Waals surface area (Å²) in [5, 5.41) is 17.2. The summed E-state index contributed by atoms with van der Waals surface area (Å²) in [5.74, 6) is 0.792. The molecule has 1 aromatic carbocycles. The van der Waals surface area contributed by atoms with Crippen LogP contribution in [0.1, 0.15) is 30.3 Å². The second-order valence-corrected chi connectivity index (χ2v) is 8.30. The summed E-state index contributed by atoms with van der Waals surface area (Å²) in [5.41, 5.74) is 2.17. The molecule has 1 saturated heterocycles. The van der Waals surface area contributed by atoms with Gasteiger partial charge in [-0.3, -0.25) is 0 Å². The first-order chi connectivity index (χ1) is 13.7. The van der Waals surface area contributed by atoms with Crippen LogP contribution in [0.4, 0.5) is 0 Å². The first-order valence-corrected chi connectivity index (χ1v) is 10.7. The van der Waals surface area contributed by atoms with Gasteiger partial charge in [-0.05, 0) is 26.7 Å². The number of aromatic nitrogens is 1. The van der Waals surface area contributed by atoms with Crippen LogP contribution in [0.3, 0.4) is 0 Å². The lowest BCUT2D eigenvalue weighted by Gasteiger charge is -2.27. The maximum atomic E-state index is 9.40. The van der Waals surface area contributed by atoms with Gasteiger partial charge in [0.05, 0.1) is 18.8 Å². The third-order valence-corrected chi connectivity index (χ3v) is 6.29. The van der Waals surface area contributed by atoms with Crippen molar-refractivity contribution in [1.82, 2.24) is 15.6 Å². The topological polar surface area (TPSA) is 78.8 Å². The molecule has 2 aromatic rings. The highest BCUT2D eigenvalue weighted by Gasteiger charge is 2.34. The van der Waals surface area contributed by atoms with Crippen molar-refractivity contribution in [2.45, 2.75) is 33.2 Å². The van der Waals surface area contributed by atoms with E-state index in [9.17, 15) is 5.11 Å². The van der Waals surface area contributed by atoms with Crippen LogP contribution < -0.4 is 10.6 Å². The van der Waals surface area contributed by atoms with Crippen LogP contribution >= 0.6 is 11.3 Å². The number of benzene rings is 1. The summed E-state index contributed by atoms with van der Waals surface area (Å²) in [4.78, 5) is 10.7. The zero-order valence-electron chi connectivity index (χ0n) is 16.7. The Morgan fingerprint density at radius 2 is 2.14 bits per heavy atom. The third kappa shape index (κ3) is 5.31. The molecule has 0 bridgehead atoms. The van der Waals surface area contributed by atoms with Gasteiger partial charge in [0, 0.05) is 42.2 Å². The first kappa shape index (κ1) is 20.8. The van der Waals surface area contributed by atoms with E-state index in [0.717, 1.165) is 54.8 Å². The molecule has 0 spiro atoms. The normalized spacial score (nSPS) is 19.8. The van der Waals surface area contributed by atoms with Gasteiger partial charge in [-0.15, -0.1) is 11.3 Å². The van der Waals surface area contributed by atoms with Gasteiger partial charge in [0.15, 0.2) is 5.96 Å². The molecule has 0 saturated carbocycles. The lowest BCUT2D eigenvalue weighted by atomic mass is 9.84.